The van der Waals surface area contributed by atoms with E-state index in [1.165, 1.54) is 13.8 Å². The van der Waals surface area contributed by atoms with Crippen LogP contribution in [0.15, 0.2) is 65.9 Å². The molecular weight excluding hydrogens is 366 g/mol. The van der Waals surface area contributed by atoms with E-state index in [0.717, 1.165) is 17.0 Å². The van der Waals surface area contributed by atoms with Gasteiger partial charge in [0.05, 0.1) is 18.6 Å². The summed E-state index contributed by atoms with van der Waals surface area (Å²) in [5.74, 6) is -0.741. The van der Waals surface area contributed by atoms with Gasteiger partial charge in [-0.15, -0.1) is 0 Å². The molecule has 0 aliphatic heterocycles. The third kappa shape index (κ3) is 4.25. The number of hydrogen-bond donors (Lipinski definition) is 2. The Kier molecular flexibility index (Phi) is 5.89. The number of hydrogen-bond acceptors (Lipinski definition) is 5. The molecule has 2 N–H and O–H groups in total. The van der Waals surface area contributed by atoms with Crippen LogP contribution in [-0.4, -0.2) is 29.4 Å². The average molecular weight is 393 g/mol. The van der Waals surface area contributed by atoms with Gasteiger partial charge in [-0.05, 0) is 50.6 Å². The van der Waals surface area contributed by atoms with Gasteiger partial charge in [-0.2, -0.15) is 0 Å². The van der Waals surface area contributed by atoms with Gasteiger partial charge in [-0.3, -0.25) is 9.59 Å². The largest absolute Gasteiger partial charge is 0.497 e. The zero-order valence-electron chi connectivity index (χ0n) is 17.2. The van der Waals surface area contributed by atoms with Gasteiger partial charge >= 0.3 is 0 Å². The molecule has 0 radical (unpaired) electrons. The number of nitrogens with one attached hydrogen (secondary N) is 1. The summed E-state index contributed by atoms with van der Waals surface area (Å²) in [6, 6.07) is 16.8. The Morgan fingerprint density at radius 2 is 1.69 bits per heavy atom. The molecule has 3 rings (SSSR count). The summed E-state index contributed by atoms with van der Waals surface area (Å²) in [5, 5.41) is 14.6. The second-order valence-electron chi connectivity index (χ2n) is 7.81. The molecule has 5 heteroatoms. The summed E-state index contributed by atoms with van der Waals surface area (Å²) in [5.41, 5.74) is 1.51. The second kappa shape index (κ2) is 8.21. The lowest BCUT2D eigenvalue weighted by Crippen LogP contribution is -2.48. The van der Waals surface area contributed by atoms with E-state index < -0.39 is 17.4 Å². The Hall–Kier alpha value is -2.92. The molecule has 0 heterocycles. The van der Waals surface area contributed by atoms with Gasteiger partial charge in [-0.25, -0.2) is 0 Å². The van der Waals surface area contributed by atoms with E-state index in [4.69, 9.17) is 4.74 Å². The van der Waals surface area contributed by atoms with Gasteiger partial charge in [0.2, 0.25) is 0 Å². The normalized spacial score (nSPS) is 24.2. The van der Waals surface area contributed by atoms with Crippen molar-refractivity contribution >= 4 is 17.3 Å². The molecule has 0 bridgehead atoms. The lowest BCUT2D eigenvalue weighted by molar-refractivity contribution is -0.131. The molecule has 0 amide bonds. The summed E-state index contributed by atoms with van der Waals surface area (Å²) >= 11 is 0. The quantitative estimate of drug-likeness (QED) is 0.773. The smallest absolute Gasteiger partial charge is 0.158 e. The summed E-state index contributed by atoms with van der Waals surface area (Å²) < 4.78 is 5.20. The predicted octanol–water partition coefficient (Wildman–Crippen LogP) is 4.09. The molecule has 0 saturated carbocycles. The van der Waals surface area contributed by atoms with Crippen molar-refractivity contribution in [2.75, 3.05) is 12.4 Å². The van der Waals surface area contributed by atoms with Crippen molar-refractivity contribution in [3.05, 3.63) is 71.4 Å². The molecule has 1 aliphatic carbocycles. The van der Waals surface area contributed by atoms with E-state index in [1.54, 1.807) is 14.0 Å². The van der Waals surface area contributed by atoms with E-state index >= 15 is 0 Å². The van der Waals surface area contributed by atoms with Crippen LogP contribution in [0.1, 0.15) is 38.7 Å². The number of allylic oxidation sites excluding steroid dienone is 1. The molecule has 152 valence electrons. The van der Waals surface area contributed by atoms with Crippen LogP contribution in [0.4, 0.5) is 5.69 Å². The van der Waals surface area contributed by atoms with Crippen LogP contribution in [0, 0.1) is 5.92 Å². The number of aliphatic hydroxyl groups is 1. The molecule has 2 aromatic rings. The van der Waals surface area contributed by atoms with Crippen molar-refractivity contribution in [3.8, 4) is 5.75 Å². The van der Waals surface area contributed by atoms with Crippen molar-refractivity contribution in [1.29, 1.82) is 0 Å². The summed E-state index contributed by atoms with van der Waals surface area (Å²) in [6.07, 6.45) is 0.182. The van der Waals surface area contributed by atoms with Crippen LogP contribution in [0.5, 0.6) is 5.75 Å². The van der Waals surface area contributed by atoms with Crippen LogP contribution in [0.25, 0.3) is 0 Å². The van der Waals surface area contributed by atoms with Gasteiger partial charge in [-0.1, -0.05) is 30.3 Å². The number of ether oxygens (including phenoxy) is 1. The van der Waals surface area contributed by atoms with Crippen molar-refractivity contribution in [2.24, 2.45) is 5.92 Å². The van der Waals surface area contributed by atoms with E-state index in [0.29, 0.717) is 11.3 Å². The second-order valence-corrected chi connectivity index (χ2v) is 7.81. The third-order valence-electron chi connectivity index (χ3n) is 5.54. The zero-order chi connectivity index (χ0) is 21.2. The van der Waals surface area contributed by atoms with Gasteiger partial charge < -0.3 is 15.2 Å². The number of benzene rings is 2. The minimum absolute atomic E-state index is 0.114. The minimum atomic E-state index is -1.29. The van der Waals surface area contributed by atoms with Crippen LogP contribution in [0.2, 0.25) is 0 Å². The van der Waals surface area contributed by atoms with Crippen molar-refractivity contribution in [3.63, 3.8) is 0 Å². The molecule has 0 fully saturated rings. The molecular formula is C24H27NO4. The van der Waals surface area contributed by atoms with Crippen LogP contribution < -0.4 is 10.1 Å². The van der Waals surface area contributed by atoms with E-state index in [-0.39, 0.29) is 18.0 Å². The van der Waals surface area contributed by atoms with Crippen molar-refractivity contribution < 1.29 is 19.4 Å². The molecule has 0 unspecified atom stereocenters. The molecule has 0 saturated heterocycles. The van der Waals surface area contributed by atoms with Gasteiger partial charge in [0, 0.05) is 29.3 Å². The monoisotopic (exact) mass is 393 g/mol. The van der Waals surface area contributed by atoms with Crippen molar-refractivity contribution in [1.82, 2.24) is 0 Å². The number of carbonyl (C=O) groups excluding carboxylic acids is 2. The number of carbonyl (C=O) groups is 2. The maximum atomic E-state index is 12.8. The minimum Gasteiger partial charge on any atom is -0.497 e. The highest BCUT2D eigenvalue weighted by molar-refractivity contribution is 5.98. The number of ketones is 2. The van der Waals surface area contributed by atoms with Gasteiger partial charge in [0.25, 0.3) is 0 Å². The first kappa shape index (κ1) is 20.8. The Balaban J connectivity index is 2.15. The molecule has 29 heavy (non-hydrogen) atoms. The molecule has 0 aromatic heterocycles. The first-order valence-corrected chi connectivity index (χ1v) is 9.67. The standard InChI is InChI=1S/C24H27NO4/c1-15(26)21-20(25-18-10-12-19(29-4)13-11-18)14-24(3,28)23(16(2)27)22(21)17-8-6-5-7-9-17/h5-13,22-23,25,28H,14H2,1-4H3/t22-,23+,24+/m0/s1. The summed E-state index contributed by atoms with van der Waals surface area (Å²) in [6.45, 7) is 4.66. The fraction of sp³-hybridized carbons (Fsp3) is 0.333. The number of anilines is 1. The SMILES string of the molecule is COc1ccc(NC2=C(C(C)=O)[C@H](c3ccccc3)[C@@H](C(C)=O)[C@](C)(O)C2)cc1. The van der Waals surface area contributed by atoms with Gasteiger partial charge in [0.1, 0.15) is 11.5 Å². The highest BCUT2D eigenvalue weighted by Crippen LogP contribution is 2.47. The van der Waals surface area contributed by atoms with Crippen LogP contribution in [0.3, 0.4) is 0 Å². The zero-order valence-corrected chi connectivity index (χ0v) is 17.2. The maximum Gasteiger partial charge on any atom is 0.158 e. The van der Waals surface area contributed by atoms with Gasteiger partial charge in [0.15, 0.2) is 5.78 Å². The highest BCUT2D eigenvalue weighted by Gasteiger charge is 2.49. The Labute approximate surface area is 171 Å². The fourth-order valence-corrected chi connectivity index (χ4v) is 4.36. The Bertz CT molecular complexity index is 929. The summed E-state index contributed by atoms with van der Waals surface area (Å²) in [7, 11) is 1.60. The van der Waals surface area contributed by atoms with Crippen LogP contribution >= 0.6 is 0 Å². The number of rotatable bonds is 6. The number of methoxy groups -OCH3 is 1. The third-order valence-corrected chi connectivity index (χ3v) is 5.54. The lowest BCUT2D eigenvalue weighted by atomic mass is 9.64. The molecule has 0 spiro atoms. The van der Waals surface area contributed by atoms with E-state index in [1.807, 2.05) is 54.6 Å². The predicted molar refractivity (Wildman–Crippen MR) is 113 cm³/mol. The lowest BCUT2D eigenvalue weighted by Gasteiger charge is -2.43. The Morgan fingerprint density at radius 1 is 1.07 bits per heavy atom. The summed E-state index contributed by atoms with van der Waals surface area (Å²) in [4.78, 5) is 25.3. The van der Waals surface area contributed by atoms with E-state index in [9.17, 15) is 14.7 Å². The first-order valence-electron chi connectivity index (χ1n) is 9.67. The molecule has 1 aliphatic rings. The maximum absolute atomic E-state index is 12.8. The van der Waals surface area contributed by atoms with Crippen LogP contribution in [-0.2, 0) is 9.59 Å². The number of Topliss-reactive ketones (excluding diaryl/α,β-unsaturated/α-hetero) is 2. The molecule has 5 nitrogen and oxygen atoms in total. The highest BCUT2D eigenvalue weighted by atomic mass is 16.5. The molecule has 2 aromatic carbocycles. The van der Waals surface area contributed by atoms with Crippen molar-refractivity contribution in [2.45, 2.75) is 38.7 Å². The fourth-order valence-electron chi connectivity index (χ4n) is 4.36. The Morgan fingerprint density at radius 3 is 2.21 bits per heavy atom. The molecule has 3 atom stereocenters. The van der Waals surface area contributed by atoms with E-state index in [2.05, 4.69) is 5.32 Å². The average Bonchev–Trinajstić information content (AvgIpc) is 2.67. The topological polar surface area (TPSA) is 75.6 Å². The first-order chi connectivity index (χ1) is 13.7.